The van der Waals surface area contributed by atoms with Crippen LogP contribution >= 0.6 is 0 Å². The molecule has 0 saturated carbocycles. The topological polar surface area (TPSA) is 80.3 Å². The van der Waals surface area contributed by atoms with Gasteiger partial charge >= 0.3 is 59.1 Å². The van der Waals surface area contributed by atoms with Crippen molar-refractivity contribution in [3.8, 4) is 0 Å². The van der Waals surface area contributed by atoms with Crippen molar-refractivity contribution in [3.05, 3.63) is 70.8 Å². The molecule has 100 valence electrons. The monoisotopic (exact) mass is 312 g/mol. The van der Waals surface area contributed by atoms with E-state index in [1.807, 2.05) is 0 Å². The SMILES string of the molecule is O=C([O-])c1ccc(/C=C/c2ccc(C(=O)[O-])cc2)cc1.[Na+].[Na+]. The fourth-order valence-corrected chi connectivity index (χ4v) is 1.65. The van der Waals surface area contributed by atoms with Crippen molar-refractivity contribution in [2.24, 2.45) is 0 Å². The van der Waals surface area contributed by atoms with Crippen LogP contribution in [0.4, 0.5) is 0 Å². The minimum Gasteiger partial charge on any atom is -0.545 e. The zero-order valence-electron chi connectivity index (χ0n) is 12.4. The van der Waals surface area contributed by atoms with E-state index >= 15 is 0 Å². The fraction of sp³-hybridized carbons (Fsp3) is 0. The first-order chi connectivity index (χ1) is 9.56. The van der Waals surface area contributed by atoms with E-state index in [1.165, 1.54) is 24.3 Å². The van der Waals surface area contributed by atoms with Gasteiger partial charge in [-0.2, -0.15) is 0 Å². The van der Waals surface area contributed by atoms with Crippen LogP contribution in [0.15, 0.2) is 48.5 Å². The van der Waals surface area contributed by atoms with Gasteiger partial charge in [-0.15, -0.1) is 0 Å². The average Bonchev–Trinajstić information content (AvgIpc) is 2.46. The summed E-state index contributed by atoms with van der Waals surface area (Å²) in [5.74, 6) is -2.42. The molecule has 0 aliphatic carbocycles. The number of hydrogen-bond acceptors (Lipinski definition) is 4. The minimum absolute atomic E-state index is 0. The molecule has 0 unspecified atom stereocenters. The standard InChI is InChI=1S/C16H12O4.2Na/c17-15(18)13-7-3-11(4-8-13)1-2-12-5-9-14(10-6-12)16(19)20;;/h1-10H,(H,17,18)(H,19,20);;/q;2*+1/p-2/b2-1+;;. The summed E-state index contributed by atoms with van der Waals surface area (Å²) >= 11 is 0. The summed E-state index contributed by atoms with van der Waals surface area (Å²) in [6, 6.07) is 12.5. The van der Waals surface area contributed by atoms with Crippen molar-refractivity contribution in [2.45, 2.75) is 0 Å². The van der Waals surface area contributed by atoms with Crippen LogP contribution in [0, 0.1) is 0 Å². The number of carboxylic acid groups (broad SMARTS) is 2. The van der Waals surface area contributed by atoms with Crippen molar-refractivity contribution in [3.63, 3.8) is 0 Å². The van der Waals surface area contributed by atoms with Gasteiger partial charge in [0, 0.05) is 0 Å². The molecule has 0 aliphatic heterocycles. The Kier molecular flexibility index (Phi) is 9.60. The van der Waals surface area contributed by atoms with Crippen molar-refractivity contribution < 1.29 is 78.9 Å². The van der Waals surface area contributed by atoms with Gasteiger partial charge in [0.25, 0.3) is 0 Å². The Hall–Kier alpha value is -0.880. The van der Waals surface area contributed by atoms with E-state index < -0.39 is 11.9 Å². The largest absolute Gasteiger partial charge is 1.00 e. The van der Waals surface area contributed by atoms with Gasteiger partial charge in [0.1, 0.15) is 0 Å². The van der Waals surface area contributed by atoms with E-state index in [2.05, 4.69) is 0 Å². The first-order valence-corrected chi connectivity index (χ1v) is 5.87. The Morgan fingerprint density at radius 3 is 1.14 bits per heavy atom. The Bertz CT molecular complexity index is 602. The quantitative estimate of drug-likeness (QED) is 0.417. The molecule has 4 nitrogen and oxygen atoms in total. The zero-order chi connectivity index (χ0) is 14.5. The molecule has 6 heteroatoms. The molecule has 2 rings (SSSR count). The summed E-state index contributed by atoms with van der Waals surface area (Å²) in [4.78, 5) is 21.2. The van der Waals surface area contributed by atoms with Crippen LogP contribution in [-0.4, -0.2) is 11.9 Å². The van der Waals surface area contributed by atoms with Gasteiger partial charge in [0.05, 0.1) is 11.9 Å². The first kappa shape index (κ1) is 21.1. The molecule has 0 aromatic heterocycles. The Morgan fingerprint density at radius 1 is 0.636 bits per heavy atom. The zero-order valence-corrected chi connectivity index (χ0v) is 16.4. The second-order valence-corrected chi connectivity index (χ2v) is 4.15. The Labute approximate surface area is 172 Å². The van der Waals surface area contributed by atoms with Gasteiger partial charge < -0.3 is 19.8 Å². The second kappa shape index (κ2) is 10.0. The van der Waals surface area contributed by atoms with E-state index in [0.29, 0.717) is 0 Å². The predicted octanol–water partition coefficient (Wildman–Crippen LogP) is -5.41. The smallest absolute Gasteiger partial charge is 0.545 e. The molecule has 22 heavy (non-hydrogen) atoms. The summed E-state index contributed by atoms with van der Waals surface area (Å²) in [5, 5.41) is 21.2. The molecule has 2 aromatic carbocycles. The molecule has 0 heterocycles. The number of carbonyl (C=O) groups is 2. The van der Waals surface area contributed by atoms with Crippen LogP contribution in [0.2, 0.25) is 0 Å². The van der Waals surface area contributed by atoms with Gasteiger partial charge in [-0.1, -0.05) is 60.7 Å². The third kappa shape index (κ3) is 6.08. The van der Waals surface area contributed by atoms with E-state index in [9.17, 15) is 19.8 Å². The number of benzene rings is 2. The van der Waals surface area contributed by atoms with Gasteiger partial charge in [-0.25, -0.2) is 0 Å². The third-order valence-corrected chi connectivity index (χ3v) is 2.76. The van der Waals surface area contributed by atoms with E-state index in [1.54, 1.807) is 36.4 Å². The number of hydrogen-bond donors (Lipinski definition) is 0. The number of aromatic carboxylic acids is 2. The molecule has 0 radical (unpaired) electrons. The molecule has 2 aromatic rings. The Balaban J connectivity index is 0.00000220. The predicted molar refractivity (Wildman–Crippen MR) is 70.5 cm³/mol. The molecule has 0 N–H and O–H groups in total. The van der Waals surface area contributed by atoms with Crippen LogP contribution < -0.4 is 69.3 Å². The number of carbonyl (C=O) groups excluding carboxylic acids is 2. The van der Waals surface area contributed by atoms with Crippen molar-refractivity contribution in [2.75, 3.05) is 0 Å². The molecular weight excluding hydrogens is 302 g/mol. The van der Waals surface area contributed by atoms with Crippen LogP contribution in [0.1, 0.15) is 31.8 Å². The summed E-state index contributed by atoms with van der Waals surface area (Å²) in [5.41, 5.74) is 1.92. The van der Waals surface area contributed by atoms with Crippen molar-refractivity contribution >= 4 is 24.1 Å². The number of carboxylic acids is 2. The van der Waals surface area contributed by atoms with Gasteiger partial charge in [-0.3, -0.25) is 0 Å². The Morgan fingerprint density at radius 2 is 0.909 bits per heavy atom. The molecule has 0 fully saturated rings. The third-order valence-electron chi connectivity index (χ3n) is 2.76. The summed E-state index contributed by atoms with van der Waals surface area (Å²) < 4.78 is 0. The molecule has 0 saturated heterocycles. The van der Waals surface area contributed by atoms with E-state index in [0.717, 1.165) is 11.1 Å². The molecule has 0 bridgehead atoms. The normalized spacial score (nSPS) is 9.64. The van der Waals surface area contributed by atoms with Crippen molar-refractivity contribution in [1.29, 1.82) is 0 Å². The molecular formula is C16H10Na2O4. The summed E-state index contributed by atoms with van der Waals surface area (Å²) in [6.07, 6.45) is 3.60. The molecule has 0 amide bonds. The first-order valence-electron chi connectivity index (χ1n) is 5.87. The van der Waals surface area contributed by atoms with Crippen LogP contribution in [0.25, 0.3) is 12.2 Å². The fourth-order valence-electron chi connectivity index (χ4n) is 1.65. The maximum absolute atomic E-state index is 10.6. The maximum Gasteiger partial charge on any atom is 1.00 e. The minimum atomic E-state index is -1.21. The average molecular weight is 312 g/mol. The maximum atomic E-state index is 10.6. The van der Waals surface area contributed by atoms with E-state index in [-0.39, 0.29) is 70.2 Å². The summed E-state index contributed by atoms with van der Waals surface area (Å²) in [6.45, 7) is 0. The molecule has 0 spiro atoms. The van der Waals surface area contributed by atoms with Crippen LogP contribution in [0.3, 0.4) is 0 Å². The van der Waals surface area contributed by atoms with Crippen LogP contribution in [0.5, 0.6) is 0 Å². The van der Waals surface area contributed by atoms with Gasteiger partial charge in [0.2, 0.25) is 0 Å². The van der Waals surface area contributed by atoms with Gasteiger partial charge in [-0.05, 0) is 22.3 Å². The van der Waals surface area contributed by atoms with Crippen LogP contribution in [-0.2, 0) is 0 Å². The number of rotatable bonds is 4. The van der Waals surface area contributed by atoms with Gasteiger partial charge in [0.15, 0.2) is 0 Å². The molecule has 0 aliphatic rings. The van der Waals surface area contributed by atoms with Crippen molar-refractivity contribution in [1.82, 2.24) is 0 Å². The summed E-state index contributed by atoms with van der Waals surface area (Å²) in [7, 11) is 0. The molecule has 0 atom stereocenters. The second-order valence-electron chi connectivity index (χ2n) is 4.15. The van der Waals surface area contributed by atoms with E-state index in [4.69, 9.17) is 0 Å².